The molecule has 4 rings (SSSR count). The molecule has 0 unspecified atom stereocenters. The number of aryl methyl sites for hydroxylation is 1. The number of fused-ring (bicyclic) bond motifs is 1. The number of carbonyl (C=O) groups excluding carboxylic acids is 1. The third-order valence-corrected chi connectivity index (χ3v) is 5.37. The van der Waals surface area contributed by atoms with E-state index in [9.17, 15) is 4.79 Å². The van der Waals surface area contributed by atoms with Crippen LogP contribution < -0.4 is 5.32 Å². The predicted octanol–water partition coefficient (Wildman–Crippen LogP) is 2.08. The second kappa shape index (κ2) is 8.59. The maximum Gasteiger partial charge on any atom is 0.252 e. The Morgan fingerprint density at radius 2 is 1.93 bits per heavy atom. The Bertz CT molecular complexity index is 803. The van der Waals surface area contributed by atoms with Crippen LogP contribution in [0, 0.1) is 0 Å². The number of hydrogen-bond donors (Lipinski definition) is 1. The fourth-order valence-corrected chi connectivity index (χ4v) is 3.89. The lowest BCUT2D eigenvalue weighted by Gasteiger charge is -2.26. The van der Waals surface area contributed by atoms with E-state index < -0.39 is 0 Å². The van der Waals surface area contributed by atoms with Crippen LogP contribution in [0.1, 0.15) is 34.5 Å². The second-order valence-corrected chi connectivity index (χ2v) is 7.11. The van der Waals surface area contributed by atoms with Gasteiger partial charge < -0.3 is 10.1 Å². The van der Waals surface area contributed by atoms with Crippen LogP contribution in [0.4, 0.5) is 0 Å². The van der Waals surface area contributed by atoms with Crippen LogP contribution in [-0.4, -0.2) is 60.2 Å². The van der Waals surface area contributed by atoms with Crippen molar-refractivity contribution in [3.8, 4) is 11.3 Å². The number of ether oxygens (including phenoxy) is 1. The number of aromatic nitrogens is 2. The fourth-order valence-electron chi connectivity index (χ4n) is 3.89. The van der Waals surface area contributed by atoms with Gasteiger partial charge in [-0.2, -0.15) is 0 Å². The van der Waals surface area contributed by atoms with Gasteiger partial charge in [-0.1, -0.05) is 18.2 Å². The maximum absolute atomic E-state index is 12.9. The molecule has 1 aliphatic carbocycles. The molecule has 6 heteroatoms. The van der Waals surface area contributed by atoms with E-state index in [4.69, 9.17) is 4.74 Å². The van der Waals surface area contributed by atoms with E-state index in [2.05, 4.69) is 20.2 Å². The van der Waals surface area contributed by atoms with Gasteiger partial charge in [-0.15, -0.1) is 0 Å². The number of amides is 1. The van der Waals surface area contributed by atoms with E-state index >= 15 is 0 Å². The number of nitrogens with zero attached hydrogens (tertiary/aromatic N) is 3. The summed E-state index contributed by atoms with van der Waals surface area (Å²) in [5.41, 5.74) is 4.84. The predicted molar refractivity (Wildman–Crippen MR) is 104 cm³/mol. The Hall–Kier alpha value is -2.31. The van der Waals surface area contributed by atoms with Crippen molar-refractivity contribution < 1.29 is 9.53 Å². The van der Waals surface area contributed by atoms with Crippen molar-refractivity contribution in [2.45, 2.75) is 25.7 Å². The van der Waals surface area contributed by atoms with E-state index in [0.717, 1.165) is 69.1 Å². The first kappa shape index (κ1) is 18.1. The molecule has 0 bridgehead atoms. The molecule has 1 amide bonds. The molecular formula is C21H26N4O2. The summed E-state index contributed by atoms with van der Waals surface area (Å²) in [5.74, 6) is -0.0398. The van der Waals surface area contributed by atoms with Crippen LogP contribution in [0.5, 0.6) is 0 Å². The zero-order valence-electron chi connectivity index (χ0n) is 15.6. The van der Waals surface area contributed by atoms with E-state index in [-0.39, 0.29) is 5.91 Å². The molecule has 1 aromatic heterocycles. The maximum atomic E-state index is 12.9. The van der Waals surface area contributed by atoms with Crippen LogP contribution in [0.2, 0.25) is 0 Å². The van der Waals surface area contributed by atoms with Crippen LogP contribution in [0.15, 0.2) is 30.6 Å². The highest BCUT2D eigenvalue weighted by Crippen LogP contribution is 2.30. The number of carbonyl (C=O) groups is 1. The van der Waals surface area contributed by atoms with Crippen LogP contribution in [-0.2, 0) is 17.6 Å². The van der Waals surface area contributed by atoms with Gasteiger partial charge in [0.25, 0.3) is 5.91 Å². The summed E-state index contributed by atoms with van der Waals surface area (Å²) in [5, 5.41) is 3.07. The number of rotatable bonds is 5. The number of nitrogens with one attached hydrogen (secondary N) is 1. The molecule has 1 N–H and O–H groups in total. The van der Waals surface area contributed by atoms with Gasteiger partial charge in [0.2, 0.25) is 0 Å². The van der Waals surface area contributed by atoms with Crippen molar-refractivity contribution in [1.29, 1.82) is 0 Å². The minimum absolute atomic E-state index is 0.0398. The van der Waals surface area contributed by atoms with Crippen molar-refractivity contribution in [3.63, 3.8) is 0 Å². The minimum atomic E-state index is -0.0398. The zero-order chi connectivity index (χ0) is 18.5. The lowest BCUT2D eigenvalue weighted by molar-refractivity contribution is 0.0383. The van der Waals surface area contributed by atoms with Crippen molar-refractivity contribution in [1.82, 2.24) is 20.2 Å². The Balaban J connectivity index is 1.50. The summed E-state index contributed by atoms with van der Waals surface area (Å²) in [6.07, 6.45) is 5.94. The molecule has 1 aromatic carbocycles. The molecule has 0 saturated carbocycles. The van der Waals surface area contributed by atoms with Gasteiger partial charge in [0.05, 0.1) is 18.9 Å². The molecular weight excluding hydrogens is 340 g/mol. The van der Waals surface area contributed by atoms with E-state index in [1.165, 1.54) is 12.0 Å². The topological polar surface area (TPSA) is 67.4 Å². The third kappa shape index (κ3) is 4.17. The molecule has 1 fully saturated rings. The average Bonchev–Trinajstić information content (AvgIpc) is 2.74. The summed E-state index contributed by atoms with van der Waals surface area (Å²) in [4.78, 5) is 24.2. The van der Waals surface area contributed by atoms with E-state index in [0.29, 0.717) is 12.1 Å². The van der Waals surface area contributed by atoms with Gasteiger partial charge in [-0.3, -0.25) is 9.69 Å². The van der Waals surface area contributed by atoms with Crippen molar-refractivity contribution in [2.24, 2.45) is 0 Å². The Labute approximate surface area is 160 Å². The summed E-state index contributed by atoms with van der Waals surface area (Å²) in [7, 11) is 0. The molecule has 27 heavy (non-hydrogen) atoms. The minimum Gasteiger partial charge on any atom is -0.379 e. The summed E-state index contributed by atoms with van der Waals surface area (Å²) >= 11 is 0. The van der Waals surface area contributed by atoms with Crippen LogP contribution in [0.25, 0.3) is 11.3 Å². The largest absolute Gasteiger partial charge is 0.379 e. The van der Waals surface area contributed by atoms with Crippen molar-refractivity contribution in [2.75, 3.05) is 39.4 Å². The Morgan fingerprint density at radius 3 is 2.81 bits per heavy atom. The smallest absolute Gasteiger partial charge is 0.252 e. The van der Waals surface area contributed by atoms with Crippen molar-refractivity contribution in [3.05, 3.63) is 47.4 Å². The molecule has 1 aliphatic heterocycles. The van der Waals surface area contributed by atoms with Crippen molar-refractivity contribution >= 4 is 5.91 Å². The van der Waals surface area contributed by atoms with Gasteiger partial charge in [-0.25, -0.2) is 9.97 Å². The third-order valence-electron chi connectivity index (χ3n) is 5.37. The lowest BCUT2D eigenvalue weighted by Crippen LogP contribution is -2.41. The van der Waals surface area contributed by atoms with Crippen LogP contribution >= 0.6 is 0 Å². The first-order valence-electron chi connectivity index (χ1n) is 9.83. The highest BCUT2D eigenvalue weighted by Gasteiger charge is 2.20. The van der Waals surface area contributed by atoms with Crippen LogP contribution in [0.3, 0.4) is 0 Å². The molecule has 2 aliphatic rings. The monoisotopic (exact) mass is 366 g/mol. The highest BCUT2D eigenvalue weighted by atomic mass is 16.5. The normalized spacial score (nSPS) is 17.3. The van der Waals surface area contributed by atoms with Gasteiger partial charge in [0.15, 0.2) is 0 Å². The summed E-state index contributed by atoms with van der Waals surface area (Å²) < 4.78 is 5.37. The first-order chi connectivity index (χ1) is 13.3. The number of hydrogen-bond acceptors (Lipinski definition) is 5. The molecule has 1 saturated heterocycles. The average molecular weight is 366 g/mol. The number of morpholine rings is 1. The molecule has 0 radical (unpaired) electrons. The zero-order valence-corrected chi connectivity index (χ0v) is 15.6. The van der Waals surface area contributed by atoms with Gasteiger partial charge >= 0.3 is 0 Å². The molecule has 2 heterocycles. The Kier molecular flexibility index (Phi) is 5.75. The van der Waals surface area contributed by atoms with Gasteiger partial charge in [0.1, 0.15) is 6.33 Å². The van der Waals surface area contributed by atoms with E-state index in [1.54, 1.807) is 6.33 Å². The quantitative estimate of drug-likeness (QED) is 0.878. The lowest BCUT2D eigenvalue weighted by atomic mass is 9.91. The molecule has 142 valence electrons. The fraction of sp³-hybridized carbons (Fsp3) is 0.476. The van der Waals surface area contributed by atoms with Gasteiger partial charge in [0, 0.05) is 48.6 Å². The first-order valence-corrected chi connectivity index (χ1v) is 9.83. The second-order valence-electron chi connectivity index (χ2n) is 7.11. The SMILES string of the molecule is O=C(NCCN1CCOCC1)c1ccccc1-c1ncnc2c1CCCC2. The summed E-state index contributed by atoms with van der Waals surface area (Å²) in [6.45, 7) is 4.89. The molecule has 6 nitrogen and oxygen atoms in total. The standard InChI is InChI=1S/C21H26N4O2/c26-21(22-9-10-25-11-13-27-14-12-25)17-6-2-1-5-16(17)20-18-7-3-4-8-19(18)23-15-24-20/h1-2,5-6,15H,3-4,7-14H2,(H,22,26). The number of benzene rings is 1. The van der Waals surface area contributed by atoms with E-state index in [1.807, 2.05) is 24.3 Å². The molecule has 0 spiro atoms. The Morgan fingerprint density at radius 1 is 1.11 bits per heavy atom. The molecule has 0 atom stereocenters. The highest BCUT2D eigenvalue weighted by molar-refractivity contribution is 6.00. The molecule has 2 aromatic rings. The van der Waals surface area contributed by atoms with Gasteiger partial charge in [-0.05, 0) is 31.7 Å². The summed E-state index contributed by atoms with van der Waals surface area (Å²) in [6, 6.07) is 7.76.